The summed E-state index contributed by atoms with van der Waals surface area (Å²) in [5, 5.41) is 11.5. The highest BCUT2D eigenvalue weighted by atomic mass is 16.5. The van der Waals surface area contributed by atoms with E-state index in [9.17, 15) is 9.90 Å². The molecule has 0 aliphatic heterocycles. The van der Waals surface area contributed by atoms with E-state index in [1.165, 1.54) is 52.1 Å². The van der Waals surface area contributed by atoms with E-state index >= 15 is 0 Å². The minimum absolute atomic E-state index is 0.0320. The lowest BCUT2D eigenvalue weighted by atomic mass is 9.47. The van der Waals surface area contributed by atoms with Crippen LogP contribution in [0.4, 0.5) is 0 Å². The largest absolute Gasteiger partial charge is 0.469 e. The molecule has 1 N–H and O–H groups in total. The van der Waals surface area contributed by atoms with Crippen molar-refractivity contribution in [1.82, 2.24) is 0 Å². The van der Waals surface area contributed by atoms with E-state index in [2.05, 4.69) is 26.8 Å². The molecule has 0 radical (unpaired) electrons. The van der Waals surface area contributed by atoms with Gasteiger partial charge in [-0.15, -0.1) is 0 Å². The molecule has 3 fully saturated rings. The van der Waals surface area contributed by atoms with Crippen molar-refractivity contribution < 1.29 is 14.6 Å². The summed E-state index contributed by atoms with van der Waals surface area (Å²) in [6.07, 6.45) is 13.8. The monoisotopic (exact) mass is 388 g/mol. The number of rotatable bonds is 4. The summed E-state index contributed by atoms with van der Waals surface area (Å²) in [6, 6.07) is 0. The van der Waals surface area contributed by atoms with Gasteiger partial charge in [-0.1, -0.05) is 45.3 Å². The van der Waals surface area contributed by atoms with Crippen LogP contribution in [-0.2, 0) is 9.53 Å². The fourth-order valence-electron chi connectivity index (χ4n) is 8.12. The number of carbonyl (C=O) groups excluding carboxylic acids is 1. The van der Waals surface area contributed by atoms with Gasteiger partial charge in [0.05, 0.1) is 13.2 Å². The van der Waals surface area contributed by atoms with Crippen LogP contribution in [0.5, 0.6) is 0 Å². The zero-order valence-electron chi connectivity index (χ0n) is 18.4. The van der Waals surface area contributed by atoms with Gasteiger partial charge in [-0.3, -0.25) is 4.79 Å². The normalized spacial score (nSPS) is 46.0. The first-order valence-corrected chi connectivity index (χ1v) is 11.8. The van der Waals surface area contributed by atoms with Gasteiger partial charge >= 0.3 is 5.97 Å². The Labute approximate surface area is 171 Å². The second-order valence-electron chi connectivity index (χ2n) is 10.9. The fraction of sp³-hybridized carbons (Fsp3) is 0.880. The van der Waals surface area contributed by atoms with Crippen molar-refractivity contribution in [2.24, 2.45) is 40.4 Å². The summed E-state index contributed by atoms with van der Waals surface area (Å²) in [5.74, 6) is 2.78. The zero-order valence-corrected chi connectivity index (χ0v) is 18.4. The predicted octanol–water partition coefficient (Wildman–Crippen LogP) is 5.52. The molecule has 0 unspecified atom stereocenters. The van der Waals surface area contributed by atoms with E-state index in [-0.39, 0.29) is 17.5 Å². The summed E-state index contributed by atoms with van der Waals surface area (Å²) in [5.41, 5.74) is 2.07. The number of fused-ring (bicyclic) bond motifs is 5. The van der Waals surface area contributed by atoms with E-state index in [1.807, 2.05) is 0 Å². The van der Waals surface area contributed by atoms with Crippen LogP contribution in [-0.4, -0.2) is 24.3 Å². The molecule has 0 aromatic rings. The SMILES string of the molecule is COC(=O)CC[C@@H](C)[C@H]1CC[C@H]2C3=CC[C@@H]4CCCC[C@]4(C)[C@H]3C[C@H](O)[C@]12C. The van der Waals surface area contributed by atoms with E-state index < -0.39 is 0 Å². The standard InChI is InChI=1S/C25H40O3/c1-16(8-13-23(27)28-4)19-11-12-20-18-10-9-17-7-5-6-14-24(17,2)21(18)15-22(26)25(19,20)3/h10,16-17,19-22,26H,5-9,11-15H2,1-4H3/t16-,17+,19-,20+,21+,22+,24+,25-/m1/s1. The van der Waals surface area contributed by atoms with Gasteiger partial charge in [0, 0.05) is 11.8 Å². The molecule has 0 aromatic carbocycles. The number of methoxy groups -OCH3 is 1. The number of hydrogen-bond acceptors (Lipinski definition) is 3. The highest BCUT2D eigenvalue weighted by Gasteiger charge is 2.61. The Morgan fingerprint density at radius 3 is 2.79 bits per heavy atom. The van der Waals surface area contributed by atoms with Crippen LogP contribution < -0.4 is 0 Å². The van der Waals surface area contributed by atoms with E-state index in [1.54, 1.807) is 5.57 Å². The molecule has 3 saturated carbocycles. The molecule has 0 amide bonds. The van der Waals surface area contributed by atoms with Crippen molar-refractivity contribution in [3.8, 4) is 0 Å². The fourth-order valence-corrected chi connectivity index (χ4v) is 8.12. The second-order valence-corrected chi connectivity index (χ2v) is 10.9. The molecule has 0 bridgehead atoms. The van der Waals surface area contributed by atoms with Gasteiger partial charge in [0.15, 0.2) is 0 Å². The molecule has 28 heavy (non-hydrogen) atoms. The second kappa shape index (κ2) is 7.45. The van der Waals surface area contributed by atoms with Crippen molar-refractivity contribution >= 4 is 5.97 Å². The first-order chi connectivity index (χ1) is 13.3. The summed E-state index contributed by atoms with van der Waals surface area (Å²) < 4.78 is 4.85. The predicted molar refractivity (Wildman–Crippen MR) is 112 cm³/mol. The molecule has 0 aromatic heterocycles. The zero-order chi connectivity index (χ0) is 20.1. The van der Waals surface area contributed by atoms with Crippen LogP contribution >= 0.6 is 0 Å². The average Bonchev–Trinajstić information content (AvgIpc) is 3.05. The molecular formula is C25H40O3. The molecule has 4 rings (SSSR count). The molecule has 4 aliphatic carbocycles. The molecule has 0 heterocycles. The molecule has 158 valence electrons. The van der Waals surface area contributed by atoms with Crippen LogP contribution in [0, 0.1) is 40.4 Å². The lowest BCUT2D eigenvalue weighted by Gasteiger charge is -2.58. The van der Waals surface area contributed by atoms with Gasteiger partial charge in [-0.25, -0.2) is 0 Å². The van der Waals surface area contributed by atoms with E-state index in [0.29, 0.717) is 35.5 Å². The number of hydrogen-bond donors (Lipinski definition) is 1. The number of aliphatic hydroxyl groups excluding tert-OH is 1. The van der Waals surface area contributed by atoms with Crippen molar-refractivity contribution in [2.75, 3.05) is 7.11 Å². The van der Waals surface area contributed by atoms with Crippen LogP contribution in [0.1, 0.15) is 85.0 Å². The molecular weight excluding hydrogens is 348 g/mol. The van der Waals surface area contributed by atoms with Crippen LogP contribution in [0.15, 0.2) is 11.6 Å². The maximum Gasteiger partial charge on any atom is 0.305 e. The molecule has 0 spiro atoms. The molecule has 4 aliphatic rings. The number of carbonyl (C=O) groups is 1. The van der Waals surface area contributed by atoms with Crippen LogP contribution in [0.2, 0.25) is 0 Å². The van der Waals surface area contributed by atoms with Crippen molar-refractivity contribution in [2.45, 2.75) is 91.1 Å². The van der Waals surface area contributed by atoms with Gasteiger partial charge in [-0.2, -0.15) is 0 Å². The number of aliphatic hydroxyl groups is 1. The third kappa shape index (κ3) is 2.99. The third-order valence-corrected chi connectivity index (χ3v) is 9.90. The highest BCUT2D eigenvalue weighted by molar-refractivity contribution is 5.69. The lowest BCUT2D eigenvalue weighted by Crippen LogP contribution is -2.54. The first kappa shape index (κ1) is 20.4. The van der Waals surface area contributed by atoms with Crippen molar-refractivity contribution in [1.29, 1.82) is 0 Å². The number of esters is 1. The average molecular weight is 389 g/mol. The minimum atomic E-state index is -0.217. The van der Waals surface area contributed by atoms with Gasteiger partial charge in [0.25, 0.3) is 0 Å². The minimum Gasteiger partial charge on any atom is -0.469 e. The van der Waals surface area contributed by atoms with Crippen LogP contribution in [0.3, 0.4) is 0 Å². The summed E-state index contributed by atoms with van der Waals surface area (Å²) in [7, 11) is 1.47. The Balaban J connectivity index is 1.58. The lowest BCUT2D eigenvalue weighted by molar-refractivity contribution is -0.141. The number of ether oxygens (including phenoxy) is 1. The first-order valence-electron chi connectivity index (χ1n) is 11.8. The Morgan fingerprint density at radius 2 is 2.04 bits per heavy atom. The number of allylic oxidation sites excluding steroid dienone is 2. The van der Waals surface area contributed by atoms with Gasteiger partial charge < -0.3 is 9.84 Å². The quantitative estimate of drug-likeness (QED) is 0.510. The Kier molecular flexibility index (Phi) is 5.44. The van der Waals surface area contributed by atoms with E-state index in [0.717, 1.165) is 18.8 Å². The highest BCUT2D eigenvalue weighted by Crippen LogP contribution is 2.66. The summed E-state index contributed by atoms with van der Waals surface area (Å²) in [4.78, 5) is 11.6. The van der Waals surface area contributed by atoms with Crippen molar-refractivity contribution in [3.05, 3.63) is 11.6 Å². The molecule has 0 saturated heterocycles. The maximum atomic E-state index is 11.6. The topological polar surface area (TPSA) is 46.5 Å². The maximum absolute atomic E-state index is 11.6. The Morgan fingerprint density at radius 1 is 1.25 bits per heavy atom. The summed E-state index contributed by atoms with van der Waals surface area (Å²) >= 11 is 0. The van der Waals surface area contributed by atoms with E-state index in [4.69, 9.17) is 4.74 Å². The van der Waals surface area contributed by atoms with Gasteiger partial charge in [-0.05, 0) is 80.0 Å². The van der Waals surface area contributed by atoms with Gasteiger partial charge in [0.1, 0.15) is 0 Å². The molecule has 3 nitrogen and oxygen atoms in total. The molecule has 8 atom stereocenters. The van der Waals surface area contributed by atoms with Crippen molar-refractivity contribution in [3.63, 3.8) is 0 Å². The third-order valence-electron chi connectivity index (χ3n) is 9.90. The summed E-state index contributed by atoms with van der Waals surface area (Å²) in [6.45, 7) is 7.18. The Bertz CT molecular complexity index is 640. The van der Waals surface area contributed by atoms with Gasteiger partial charge in [0.2, 0.25) is 0 Å². The smallest absolute Gasteiger partial charge is 0.305 e. The van der Waals surface area contributed by atoms with Crippen LogP contribution in [0.25, 0.3) is 0 Å². The molecule has 3 heteroatoms. The Hall–Kier alpha value is -0.830.